The maximum absolute atomic E-state index is 12.7. The smallest absolute Gasteiger partial charge is 0.222 e. The average Bonchev–Trinajstić information content (AvgIpc) is 3.27. The number of rotatable bonds is 6. The standard InChI is InChI=1S/C25H36N2O3/c28-23(26-19-21-8-2-1-3-9-21)16-22-10-15-30-25(18-22)11-13-27(14-12-25)24(29)17-20-6-4-5-7-20/h1-3,8-9,20,22H,4-7,10-19H2,(H,26,28). The molecule has 1 aliphatic carbocycles. The molecule has 5 heteroatoms. The van der Waals surface area contributed by atoms with Gasteiger partial charge in [0.1, 0.15) is 0 Å². The first-order chi connectivity index (χ1) is 14.6. The number of nitrogens with zero attached hydrogens (tertiary/aromatic N) is 1. The van der Waals surface area contributed by atoms with Crippen LogP contribution in [0, 0.1) is 11.8 Å². The second-order valence-corrected chi connectivity index (χ2v) is 9.59. The second-order valence-electron chi connectivity index (χ2n) is 9.59. The van der Waals surface area contributed by atoms with Crippen LogP contribution in [-0.4, -0.2) is 42.0 Å². The first-order valence-electron chi connectivity index (χ1n) is 11.8. The van der Waals surface area contributed by atoms with Gasteiger partial charge in [0.05, 0.1) is 5.60 Å². The summed E-state index contributed by atoms with van der Waals surface area (Å²) in [7, 11) is 0. The number of benzene rings is 1. The summed E-state index contributed by atoms with van der Waals surface area (Å²) in [6.07, 6.45) is 10.0. The number of hydrogen-bond donors (Lipinski definition) is 1. The van der Waals surface area contributed by atoms with E-state index in [1.54, 1.807) is 0 Å². The average molecular weight is 413 g/mol. The number of piperidine rings is 1. The highest BCUT2D eigenvalue weighted by atomic mass is 16.5. The highest BCUT2D eigenvalue weighted by molar-refractivity contribution is 5.77. The van der Waals surface area contributed by atoms with Gasteiger partial charge in [0.2, 0.25) is 11.8 Å². The zero-order chi connectivity index (χ0) is 20.8. The Labute approximate surface area is 180 Å². The lowest BCUT2D eigenvalue weighted by molar-refractivity contribution is -0.149. The van der Waals surface area contributed by atoms with Gasteiger partial charge in [0.25, 0.3) is 0 Å². The predicted molar refractivity (Wildman–Crippen MR) is 117 cm³/mol. The van der Waals surface area contributed by atoms with Crippen LogP contribution in [0.3, 0.4) is 0 Å². The molecule has 1 unspecified atom stereocenters. The molecule has 0 radical (unpaired) electrons. The topological polar surface area (TPSA) is 58.6 Å². The quantitative estimate of drug-likeness (QED) is 0.766. The van der Waals surface area contributed by atoms with Gasteiger partial charge in [-0.15, -0.1) is 0 Å². The van der Waals surface area contributed by atoms with Crippen molar-refractivity contribution in [3.63, 3.8) is 0 Å². The van der Waals surface area contributed by atoms with Crippen molar-refractivity contribution in [2.45, 2.75) is 76.4 Å². The van der Waals surface area contributed by atoms with Gasteiger partial charge in [-0.05, 0) is 55.9 Å². The molecule has 1 saturated carbocycles. The van der Waals surface area contributed by atoms with Crippen molar-refractivity contribution >= 4 is 11.8 Å². The SMILES string of the molecule is O=C(CC1CCOC2(CCN(C(=O)CC3CCCC3)CC2)C1)NCc1ccccc1. The molecule has 1 aromatic carbocycles. The lowest BCUT2D eigenvalue weighted by atomic mass is 9.78. The third-order valence-corrected chi connectivity index (χ3v) is 7.37. The largest absolute Gasteiger partial charge is 0.375 e. The van der Waals surface area contributed by atoms with Crippen molar-refractivity contribution in [1.82, 2.24) is 10.2 Å². The van der Waals surface area contributed by atoms with Crippen molar-refractivity contribution in [1.29, 1.82) is 0 Å². The molecule has 164 valence electrons. The summed E-state index contributed by atoms with van der Waals surface area (Å²) < 4.78 is 6.24. The van der Waals surface area contributed by atoms with Crippen molar-refractivity contribution in [3.05, 3.63) is 35.9 Å². The fourth-order valence-corrected chi connectivity index (χ4v) is 5.54. The Bertz CT molecular complexity index is 706. The molecule has 5 nitrogen and oxygen atoms in total. The van der Waals surface area contributed by atoms with Crippen LogP contribution < -0.4 is 5.32 Å². The van der Waals surface area contributed by atoms with Crippen LogP contribution in [0.2, 0.25) is 0 Å². The van der Waals surface area contributed by atoms with Crippen molar-refractivity contribution < 1.29 is 14.3 Å². The fourth-order valence-electron chi connectivity index (χ4n) is 5.54. The van der Waals surface area contributed by atoms with Crippen molar-refractivity contribution in [2.75, 3.05) is 19.7 Å². The molecule has 1 N–H and O–H groups in total. The number of amides is 2. The summed E-state index contributed by atoms with van der Waals surface area (Å²) in [6.45, 7) is 2.93. The molecule has 1 aromatic rings. The summed E-state index contributed by atoms with van der Waals surface area (Å²) >= 11 is 0. The maximum Gasteiger partial charge on any atom is 0.222 e. The molecule has 4 rings (SSSR count). The molecule has 3 fully saturated rings. The third-order valence-electron chi connectivity index (χ3n) is 7.37. The number of carbonyl (C=O) groups excluding carboxylic acids is 2. The van der Waals surface area contributed by atoms with Gasteiger partial charge >= 0.3 is 0 Å². The van der Waals surface area contributed by atoms with E-state index in [-0.39, 0.29) is 11.5 Å². The van der Waals surface area contributed by atoms with Crippen molar-refractivity contribution in [2.24, 2.45) is 11.8 Å². The summed E-state index contributed by atoms with van der Waals surface area (Å²) in [4.78, 5) is 27.2. The minimum absolute atomic E-state index is 0.130. The van der Waals surface area contributed by atoms with E-state index in [1.807, 2.05) is 30.3 Å². The summed E-state index contributed by atoms with van der Waals surface area (Å²) in [5, 5.41) is 3.06. The van der Waals surface area contributed by atoms with Gasteiger partial charge < -0.3 is 15.0 Å². The van der Waals surface area contributed by atoms with Crippen LogP contribution in [-0.2, 0) is 20.9 Å². The Morgan fingerprint density at radius 3 is 2.47 bits per heavy atom. The Morgan fingerprint density at radius 1 is 1.00 bits per heavy atom. The van der Waals surface area contributed by atoms with Gasteiger partial charge in [-0.2, -0.15) is 0 Å². The third kappa shape index (κ3) is 5.63. The van der Waals surface area contributed by atoms with E-state index in [2.05, 4.69) is 10.2 Å². The first kappa shape index (κ1) is 21.4. The molecule has 2 amide bonds. The van der Waals surface area contributed by atoms with E-state index in [1.165, 1.54) is 25.7 Å². The van der Waals surface area contributed by atoms with Crippen LogP contribution in [0.1, 0.15) is 69.8 Å². The molecule has 1 spiro atoms. The number of ether oxygens (including phenoxy) is 1. The molecular formula is C25H36N2O3. The Hall–Kier alpha value is -1.88. The van der Waals surface area contributed by atoms with Crippen LogP contribution in [0.5, 0.6) is 0 Å². The zero-order valence-electron chi connectivity index (χ0n) is 18.1. The molecule has 1 atom stereocenters. The molecule has 3 aliphatic rings. The molecule has 2 aliphatic heterocycles. The van der Waals surface area contributed by atoms with Crippen LogP contribution >= 0.6 is 0 Å². The van der Waals surface area contributed by atoms with Gasteiger partial charge in [-0.1, -0.05) is 43.2 Å². The minimum Gasteiger partial charge on any atom is -0.375 e. The lowest BCUT2D eigenvalue weighted by Gasteiger charge is -2.46. The van der Waals surface area contributed by atoms with Gasteiger partial charge in [-0.25, -0.2) is 0 Å². The molecule has 2 heterocycles. The number of hydrogen-bond acceptors (Lipinski definition) is 3. The fraction of sp³-hybridized carbons (Fsp3) is 0.680. The minimum atomic E-state index is -0.132. The van der Waals surface area contributed by atoms with E-state index in [4.69, 9.17) is 4.74 Å². The predicted octanol–water partition coefficient (Wildman–Crippen LogP) is 4.06. The van der Waals surface area contributed by atoms with Gasteiger partial charge in [0, 0.05) is 39.1 Å². The molecule has 0 aromatic heterocycles. The van der Waals surface area contributed by atoms with E-state index in [0.29, 0.717) is 30.7 Å². The summed E-state index contributed by atoms with van der Waals surface area (Å²) in [5.41, 5.74) is 0.996. The van der Waals surface area contributed by atoms with Crippen molar-refractivity contribution in [3.8, 4) is 0 Å². The number of carbonyl (C=O) groups is 2. The molecule has 30 heavy (non-hydrogen) atoms. The van der Waals surface area contributed by atoms with E-state index in [0.717, 1.165) is 57.4 Å². The van der Waals surface area contributed by atoms with Gasteiger partial charge in [-0.3, -0.25) is 9.59 Å². The normalized spacial score (nSPS) is 24.1. The van der Waals surface area contributed by atoms with Crippen LogP contribution in [0.4, 0.5) is 0 Å². The Kier molecular flexibility index (Phi) is 7.08. The molecule has 0 bridgehead atoms. The second kappa shape index (κ2) is 9.95. The van der Waals surface area contributed by atoms with Crippen LogP contribution in [0.25, 0.3) is 0 Å². The van der Waals surface area contributed by atoms with E-state index < -0.39 is 0 Å². The van der Waals surface area contributed by atoms with Gasteiger partial charge in [0.15, 0.2) is 0 Å². The Morgan fingerprint density at radius 2 is 1.73 bits per heavy atom. The molecule has 2 saturated heterocycles. The summed E-state index contributed by atoms with van der Waals surface area (Å²) in [5.74, 6) is 1.45. The monoisotopic (exact) mass is 412 g/mol. The zero-order valence-corrected chi connectivity index (χ0v) is 18.1. The van der Waals surface area contributed by atoms with E-state index in [9.17, 15) is 9.59 Å². The number of nitrogens with one attached hydrogen (secondary N) is 1. The highest BCUT2D eigenvalue weighted by Gasteiger charge is 2.41. The maximum atomic E-state index is 12.7. The molecular weight excluding hydrogens is 376 g/mol. The Balaban J connectivity index is 1.21. The van der Waals surface area contributed by atoms with E-state index >= 15 is 0 Å². The van der Waals surface area contributed by atoms with Crippen LogP contribution in [0.15, 0.2) is 30.3 Å². The lowest BCUT2D eigenvalue weighted by Crippen LogP contribution is -2.51. The highest BCUT2D eigenvalue weighted by Crippen LogP contribution is 2.39. The number of likely N-dealkylation sites (tertiary alicyclic amines) is 1. The summed E-state index contributed by atoms with van der Waals surface area (Å²) in [6, 6.07) is 10.0. The first-order valence-corrected chi connectivity index (χ1v) is 11.8.